The zero-order chi connectivity index (χ0) is 15.6. The van der Waals surface area contributed by atoms with E-state index in [-0.39, 0.29) is 23.9 Å². The molecule has 1 fully saturated rings. The lowest BCUT2D eigenvalue weighted by Crippen LogP contribution is -2.50. The van der Waals surface area contributed by atoms with Gasteiger partial charge in [0.25, 0.3) is 0 Å². The van der Waals surface area contributed by atoms with Crippen molar-refractivity contribution in [2.75, 3.05) is 0 Å². The predicted octanol–water partition coefficient (Wildman–Crippen LogP) is 1.53. The molecule has 10 radical (unpaired) electrons. The van der Waals surface area contributed by atoms with Crippen LogP contribution in [0.2, 0.25) is 17.5 Å². The normalized spacial score (nSPS) is 38.0. The summed E-state index contributed by atoms with van der Waals surface area (Å²) in [4.78, 5) is 0. The van der Waals surface area contributed by atoms with Gasteiger partial charge in [0.2, 0.25) is 0 Å². The smallest absolute Gasteiger partial charge is 0.0707 e. The van der Waals surface area contributed by atoms with Gasteiger partial charge in [-0.2, -0.15) is 0 Å². The zero-order valence-corrected chi connectivity index (χ0v) is 13.7. The van der Waals surface area contributed by atoms with Gasteiger partial charge in [-0.05, 0) is 29.6 Å². The van der Waals surface area contributed by atoms with Crippen LogP contribution in [0.3, 0.4) is 0 Å². The maximum absolute atomic E-state index is 6.63. The summed E-state index contributed by atoms with van der Waals surface area (Å²) in [6.07, 6.45) is 0. The number of hydrogen-bond donors (Lipinski definition) is 0. The molecule has 96 valence electrons. The van der Waals surface area contributed by atoms with E-state index in [1.165, 1.54) is 0 Å². The van der Waals surface area contributed by atoms with Crippen LogP contribution in [0, 0.1) is 29.6 Å². The van der Waals surface area contributed by atoms with Crippen LogP contribution in [-0.4, -0.2) is 51.8 Å². The highest BCUT2D eigenvalue weighted by molar-refractivity contribution is 7.47. The molecular weight excluding hydrogens is 232 g/mol. The third-order valence-electron chi connectivity index (χ3n) is 5.42. The van der Waals surface area contributed by atoms with E-state index in [4.69, 9.17) is 31.1 Å². The maximum atomic E-state index is 6.63. The Hall–Kier alpha value is 0.455. The first-order valence-electron chi connectivity index (χ1n) is 7.89. The Morgan fingerprint density at radius 3 is 1.85 bits per heavy atom. The maximum Gasteiger partial charge on any atom is 0.0707 e. The van der Waals surface area contributed by atoms with Crippen molar-refractivity contribution in [2.24, 2.45) is 29.6 Å². The molecular formula is C13H23B7. The summed E-state index contributed by atoms with van der Waals surface area (Å²) in [5.74, 6) is 2.91. The summed E-state index contributed by atoms with van der Waals surface area (Å²) >= 11 is 0. The second kappa shape index (κ2) is 7.64. The summed E-state index contributed by atoms with van der Waals surface area (Å²) in [5, 5.41) is 0. The summed E-state index contributed by atoms with van der Waals surface area (Å²) < 4.78 is 0. The molecule has 6 unspecified atom stereocenters. The molecule has 20 heavy (non-hydrogen) atoms. The summed E-state index contributed by atoms with van der Waals surface area (Å²) in [5.41, 5.74) is 0. The molecule has 0 aromatic heterocycles. The van der Waals surface area contributed by atoms with E-state index in [0.717, 1.165) is 0 Å². The minimum atomic E-state index is -0.134. The van der Waals surface area contributed by atoms with Gasteiger partial charge in [-0.25, -0.2) is 0 Å². The molecule has 0 spiro atoms. The van der Waals surface area contributed by atoms with Gasteiger partial charge in [0.1, 0.15) is 0 Å². The first-order valence-corrected chi connectivity index (χ1v) is 7.89. The predicted molar refractivity (Wildman–Crippen MR) is 97.3 cm³/mol. The van der Waals surface area contributed by atoms with Gasteiger partial charge in [0.05, 0.1) is 15.0 Å². The molecule has 0 nitrogen and oxygen atoms in total. The van der Waals surface area contributed by atoms with Crippen molar-refractivity contribution in [1.29, 1.82) is 0 Å². The fourth-order valence-corrected chi connectivity index (χ4v) is 4.66. The number of rotatable bonds is 5. The lowest BCUT2D eigenvalue weighted by atomic mass is 8.98. The van der Waals surface area contributed by atoms with Crippen LogP contribution in [-0.2, 0) is 0 Å². The van der Waals surface area contributed by atoms with Crippen molar-refractivity contribution in [3.63, 3.8) is 0 Å². The average molecular weight is 255 g/mol. The molecule has 6 atom stereocenters. The van der Waals surface area contributed by atoms with E-state index in [2.05, 4.69) is 34.6 Å². The summed E-state index contributed by atoms with van der Waals surface area (Å²) in [6.45, 7) is 11.1. The van der Waals surface area contributed by atoms with E-state index in [9.17, 15) is 0 Å². The highest BCUT2D eigenvalue weighted by atomic mass is 14.5. The zero-order valence-electron chi connectivity index (χ0n) is 13.7. The molecule has 0 amide bonds. The van der Waals surface area contributed by atoms with Crippen molar-refractivity contribution in [1.82, 2.24) is 0 Å². The first kappa shape index (κ1) is 18.5. The van der Waals surface area contributed by atoms with Crippen LogP contribution in [0.25, 0.3) is 0 Å². The van der Waals surface area contributed by atoms with E-state index >= 15 is 0 Å². The van der Waals surface area contributed by atoms with Crippen molar-refractivity contribution < 1.29 is 0 Å². The Labute approximate surface area is 133 Å². The molecule has 0 heterocycles. The van der Waals surface area contributed by atoms with Gasteiger partial charge in [0.15, 0.2) is 0 Å². The molecule has 7 heteroatoms. The molecule has 0 saturated heterocycles. The van der Waals surface area contributed by atoms with Crippen molar-refractivity contribution >= 4 is 51.8 Å². The van der Waals surface area contributed by atoms with Crippen LogP contribution < -0.4 is 0 Å². The molecule has 0 aromatic rings. The Morgan fingerprint density at radius 2 is 1.50 bits per heavy atom. The minimum Gasteiger partial charge on any atom is -0.0808 e. The summed E-state index contributed by atoms with van der Waals surface area (Å²) in [6, 6.07) is 0. The molecule has 1 aliphatic rings. The third kappa shape index (κ3) is 3.44. The average Bonchev–Trinajstić information content (AvgIpc) is 2.35. The monoisotopic (exact) mass is 256 g/mol. The second-order valence-corrected chi connectivity index (χ2v) is 7.20. The van der Waals surface area contributed by atoms with E-state index in [0.29, 0.717) is 29.6 Å². The van der Waals surface area contributed by atoms with Gasteiger partial charge < -0.3 is 0 Å². The van der Waals surface area contributed by atoms with Crippen molar-refractivity contribution in [2.45, 2.75) is 52.1 Å². The molecule has 1 rings (SSSR count). The molecule has 1 aliphatic carbocycles. The van der Waals surface area contributed by atoms with E-state index in [1.54, 1.807) is 7.06 Å². The molecule has 1 saturated carbocycles. The van der Waals surface area contributed by atoms with Crippen molar-refractivity contribution in [3.8, 4) is 0 Å². The third-order valence-corrected chi connectivity index (χ3v) is 5.42. The van der Waals surface area contributed by atoms with Crippen molar-refractivity contribution in [3.05, 3.63) is 0 Å². The Morgan fingerprint density at radius 1 is 1.00 bits per heavy atom. The lowest BCUT2D eigenvalue weighted by Gasteiger charge is -2.56. The van der Waals surface area contributed by atoms with Gasteiger partial charge in [-0.1, -0.05) is 52.1 Å². The van der Waals surface area contributed by atoms with E-state index < -0.39 is 0 Å². The van der Waals surface area contributed by atoms with Crippen LogP contribution in [0.1, 0.15) is 34.6 Å². The fourth-order valence-electron chi connectivity index (χ4n) is 4.66. The van der Waals surface area contributed by atoms with Crippen LogP contribution in [0.4, 0.5) is 0 Å². The Kier molecular flexibility index (Phi) is 7.07. The molecule has 0 N–H and O–H groups in total. The second-order valence-electron chi connectivity index (χ2n) is 7.20. The quantitative estimate of drug-likeness (QED) is 0.653. The highest BCUT2D eigenvalue weighted by Gasteiger charge is 2.48. The SMILES string of the molecule is [B][B]B([B])C1C(C)C(C(C)C)C([B])C(C(C)C)C1[B][B]. The standard InChI is InChI=1S/C13H23B7/c1-6(2)9-8(5)13(20(17)19-16)12(18-15)10(7(3)4)11(9)14/h6-13H,1-5H3. The van der Waals surface area contributed by atoms with Crippen LogP contribution >= 0.6 is 0 Å². The van der Waals surface area contributed by atoms with Gasteiger partial charge in [0, 0.05) is 36.8 Å². The van der Waals surface area contributed by atoms with Crippen LogP contribution in [0.5, 0.6) is 0 Å². The lowest BCUT2D eigenvalue weighted by molar-refractivity contribution is 0.124. The Bertz CT molecular complexity index is 296. The fraction of sp³-hybridized carbons (Fsp3) is 1.00. The topological polar surface area (TPSA) is 0 Å². The highest BCUT2D eigenvalue weighted by Crippen LogP contribution is 2.58. The van der Waals surface area contributed by atoms with E-state index in [1.807, 2.05) is 7.17 Å². The molecule has 0 aliphatic heterocycles. The summed E-state index contributed by atoms with van der Waals surface area (Å²) in [7, 11) is 28.0. The first-order chi connectivity index (χ1) is 9.27. The largest absolute Gasteiger partial charge is 0.0808 e. The molecule has 0 bridgehead atoms. The minimum absolute atomic E-state index is 0.134. The van der Waals surface area contributed by atoms with Gasteiger partial charge >= 0.3 is 0 Å². The van der Waals surface area contributed by atoms with Crippen LogP contribution in [0.15, 0.2) is 0 Å². The number of hydrogen-bond acceptors (Lipinski definition) is 0. The van der Waals surface area contributed by atoms with Gasteiger partial charge in [-0.3, -0.25) is 0 Å². The molecule has 0 aromatic carbocycles. The van der Waals surface area contributed by atoms with Gasteiger partial charge in [-0.15, -0.1) is 0 Å². The Balaban J connectivity index is 3.19.